The number of carbonyl (C=O) groups is 2. The zero-order chi connectivity index (χ0) is 22.9. The molecule has 1 aromatic carbocycles. The van der Waals surface area contributed by atoms with Crippen LogP contribution in [0.15, 0.2) is 29.8 Å². The molecule has 2 amide bonds. The summed E-state index contributed by atoms with van der Waals surface area (Å²) >= 11 is 1.47. The molecule has 5 rings (SSSR count). The Morgan fingerprint density at radius 3 is 2.88 bits per heavy atom. The number of nitrogens with zero attached hydrogens (tertiary/aromatic N) is 4. The van der Waals surface area contributed by atoms with Crippen LogP contribution in [0.1, 0.15) is 50.0 Å². The fourth-order valence-electron chi connectivity index (χ4n) is 4.10. The van der Waals surface area contributed by atoms with Crippen molar-refractivity contribution in [1.29, 1.82) is 0 Å². The molecule has 10 heteroatoms. The monoisotopic (exact) mass is 469 g/mol. The number of rotatable bonds is 7. The van der Waals surface area contributed by atoms with Crippen molar-refractivity contribution in [2.75, 3.05) is 13.7 Å². The smallest absolute Gasteiger partial charge is 0.272 e. The Kier molecular flexibility index (Phi) is 5.84. The Bertz CT molecular complexity index is 1190. The second-order valence-corrected chi connectivity index (χ2v) is 9.31. The number of fused-ring (bicyclic) bond motifs is 1. The van der Waals surface area contributed by atoms with E-state index in [4.69, 9.17) is 4.74 Å². The second-order valence-electron chi connectivity index (χ2n) is 8.33. The lowest BCUT2D eigenvalue weighted by atomic mass is 10.0. The van der Waals surface area contributed by atoms with Crippen LogP contribution in [0.25, 0.3) is 0 Å². The van der Waals surface area contributed by atoms with Crippen molar-refractivity contribution in [3.8, 4) is 5.75 Å². The summed E-state index contributed by atoms with van der Waals surface area (Å²) in [4.78, 5) is 32.0. The van der Waals surface area contributed by atoms with Crippen molar-refractivity contribution in [2.45, 2.75) is 38.9 Å². The molecule has 2 aliphatic rings. The van der Waals surface area contributed by atoms with Gasteiger partial charge >= 0.3 is 0 Å². The molecule has 1 N–H and O–H groups in total. The third-order valence-electron chi connectivity index (χ3n) is 6.05. The van der Waals surface area contributed by atoms with Crippen LogP contribution >= 0.6 is 11.3 Å². The van der Waals surface area contributed by atoms with Gasteiger partial charge in [0.1, 0.15) is 5.01 Å². The van der Waals surface area contributed by atoms with E-state index in [0.717, 1.165) is 22.8 Å². The molecule has 1 aliphatic carbocycles. The Labute approximate surface area is 194 Å². The number of nitrogens with one attached hydrogen (secondary N) is 1. The van der Waals surface area contributed by atoms with Gasteiger partial charge in [-0.05, 0) is 37.0 Å². The minimum atomic E-state index is -0.583. The second kappa shape index (κ2) is 8.93. The van der Waals surface area contributed by atoms with Crippen LogP contribution in [0.3, 0.4) is 0 Å². The van der Waals surface area contributed by atoms with Gasteiger partial charge in [-0.25, -0.2) is 9.37 Å². The van der Waals surface area contributed by atoms with Gasteiger partial charge in [-0.1, -0.05) is 0 Å². The Morgan fingerprint density at radius 1 is 1.33 bits per heavy atom. The maximum absolute atomic E-state index is 14.2. The lowest BCUT2D eigenvalue weighted by Crippen LogP contribution is -2.37. The first-order chi connectivity index (χ1) is 16.0. The van der Waals surface area contributed by atoms with Gasteiger partial charge in [0.05, 0.1) is 20.2 Å². The summed E-state index contributed by atoms with van der Waals surface area (Å²) in [5.74, 6) is -0.456. The highest BCUT2D eigenvalue weighted by atomic mass is 32.1. The third-order valence-corrected chi connectivity index (χ3v) is 6.83. The standard InChI is InChI=1S/C23H24FN5O3S/c1-32-19-5-4-15(10-17(19)24)23(31)28-8-6-18-16(13-28)21(27-29(18)12-14-2-3-14)22(30)26-11-20-25-7-9-33-20/h4-5,7,9-10,14H,2-3,6,8,11-13H2,1H3,(H,26,30). The number of amides is 2. The van der Waals surface area contributed by atoms with E-state index in [0.29, 0.717) is 31.1 Å². The molecule has 1 fully saturated rings. The lowest BCUT2D eigenvalue weighted by molar-refractivity contribution is 0.0729. The Balaban J connectivity index is 1.39. The minimum Gasteiger partial charge on any atom is -0.494 e. The van der Waals surface area contributed by atoms with Crippen LogP contribution in [0, 0.1) is 11.7 Å². The van der Waals surface area contributed by atoms with Gasteiger partial charge in [0.2, 0.25) is 0 Å². The number of carbonyl (C=O) groups excluding carboxylic acids is 2. The summed E-state index contributed by atoms with van der Waals surface area (Å²) in [5, 5.41) is 10.2. The van der Waals surface area contributed by atoms with Crippen LogP contribution in [0.2, 0.25) is 0 Å². The average molecular weight is 470 g/mol. The fraction of sp³-hybridized carbons (Fsp3) is 0.391. The lowest BCUT2D eigenvalue weighted by Gasteiger charge is -2.28. The molecular weight excluding hydrogens is 445 g/mol. The normalized spacial score (nSPS) is 15.3. The number of aromatic nitrogens is 3. The molecule has 0 unspecified atom stereocenters. The maximum atomic E-state index is 14.2. The van der Waals surface area contributed by atoms with Crippen molar-refractivity contribution in [2.24, 2.45) is 5.92 Å². The van der Waals surface area contributed by atoms with Crippen molar-refractivity contribution in [3.63, 3.8) is 0 Å². The van der Waals surface area contributed by atoms with E-state index >= 15 is 0 Å². The van der Waals surface area contributed by atoms with Crippen LogP contribution in [0.5, 0.6) is 5.75 Å². The summed E-state index contributed by atoms with van der Waals surface area (Å²) in [6, 6.07) is 4.19. The largest absolute Gasteiger partial charge is 0.494 e. The highest BCUT2D eigenvalue weighted by Crippen LogP contribution is 2.33. The molecule has 1 aliphatic heterocycles. The maximum Gasteiger partial charge on any atom is 0.272 e. The number of hydrogen-bond donors (Lipinski definition) is 1. The topological polar surface area (TPSA) is 89.3 Å². The van der Waals surface area contributed by atoms with E-state index in [9.17, 15) is 14.0 Å². The minimum absolute atomic E-state index is 0.0908. The van der Waals surface area contributed by atoms with Gasteiger partial charge < -0.3 is 15.0 Å². The van der Waals surface area contributed by atoms with Crippen LogP contribution in [-0.4, -0.2) is 45.1 Å². The highest BCUT2D eigenvalue weighted by Gasteiger charge is 2.32. The average Bonchev–Trinajstić information content (AvgIpc) is 3.35. The predicted octanol–water partition coefficient (Wildman–Crippen LogP) is 3.03. The van der Waals surface area contributed by atoms with E-state index in [2.05, 4.69) is 15.4 Å². The van der Waals surface area contributed by atoms with E-state index in [1.54, 1.807) is 17.2 Å². The molecule has 1 saturated carbocycles. The summed E-state index contributed by atoms with van der Waals surface area (Å²) in [6.45, 7) is 1.86. The number of ether oxygens (including phenoxy) is 1. The molecular formula is C23H24FN5O3S. The first-order valence-electron chi connectivity index (χ1n) is 10.9. The van der Waals surface area contributed by atoms with Crippen molar-refractivity contribution in [3.05, 3.63) is 63.1 Å². The van der Waals surface area contributed by atoms with E-state index in [-0.39, 0.29) is 29.7 Å². The quantitative estimate of drug-likeness (QED) is 0.575. The molecule has 3 aromatic rings. The highest BCUT2D eigenvalue weighted by molar-refractivity contribution is 7.09. The molecule has 0 spiro atoms. The molecule has 0 saturated heterocycles. The summed E-state index contributed by atoms with van der Waals surface area (Å²) in [6.07, 6.45) is 4.64. The predicted molar refractivity (Wildman–Crippen MR) is 120 cm³/mol. The van der Waals surface area contributed by atoms with E-state index < -0.39 is 5.82 Å². The van der Waals surface area contributed by atoms with Crippen LogP contribution in [-0.2, 0) is 26.1 Å². The molecule has 2 aromatic heterocycles. The van der Waals surface area contributed by atoms with Crippen LogP contribution < -0.4 is 10.1 Å². The van der Waals surface area contributed by atoms with Gasteiger partial charge in [0, 0.05) is 47.9 Å². The van der Waals surface area contributed by atoms with Crippen molar-refractivity contribution < 1.29 is 18.7 Å². The number of methoxy groups -OCH3 is 1. The number of thiazole rings is 1. The SMILES string of the molecule is COc1ccc(C(=O)N2CCc3c(c(C(=O)NCc4nccs4)nn3CC3CC3)C2)cc1F. The molecule has 0 atom stereocenters. The fourth-order valence-corrected chi connectivity index (χ4v) is 4.66. The zero-order valence-corrected chi connectivity index (χ0v) is 19.0. The zero-order valence-electron chi connectivity index (χ0n) is 18.2. The Morgan fingerprint density at radius 2 is 2.18 bits per heavy atom. The summed E-state index contributed by atoms with van der Waals surface area (Å²) < 4.78 is 21.0. The third kappa shape index (κ3) is 4.47. The molecule has 3 heterocycles. The number of benzene rings is 1. The van der Waals surface area contributed by atoms with Gasteiger partial charge in [-0.2, -0.15) is 5.10 Å². The van der Waals surface area contributed by atoms with E-state index in [1.807, 2.05) is 10.1 Å². The number of halogens is 1. The molecule has 172 valence electrons. The van der Waals surface area contributed by atoms with Crippen molar-refractivity contribution >= 4 is 23.2 Å². The van der Waals surface area contributed by atoms with Gasteiger partial charge in [-0.15, -0.1) is 11.3 Å². The Hall–Kier alpha value is -3.27. The van der Waals surface area contributed by atoms with Gasteiger partial charge in [-0.3, -0.25) is 14.3 Å². The van der Waals surface area contributed by atoms with Gasteiger partial charge in [0.25, 0.3) is 11.8 Å². The summed E-state index contributed by atoms with van der Waals surface area (Å²) in [5.41, 5.74) is 2.37. The van der Waals surface area contributed by atoms with Crippen LogP contribution in [0.4, 0.5) is 4.39 Å². The molecule has 0 radical (unpaired) electrons. The van der Waals surface area contributed by atoms with Crippen molar-refractivity contribution in [1.82, 2.24) is 25.0 Å². The molecule has 33 heavy (non-hydrogen) atoms. The van der Waals surface area contributed by atoms with E-state index in [1.165, 1.54) is 43.4 Å². The molecule has 8 nitrogen and oxygen atoms in total. The number of hydrogen-bond acceptors (Lipinski definition) is 6. The first kappa shape index (κ1) is 21.6. The summed E-state index contributed by atoms with van der Waals surface area (Å²) in [7, 11) is 1.38. The van der Waals surface area contributed by atoms with Gasteiger partial charge in [0.15, 0.2) is 17.3 Å². The first-order valence-corrected chi connectivity index (χ1v) is 11.8. The molecule has 0 bridgehead atoms.